The Labute approximate surface area is 172 Å². The summed E-state index contributed by atoms with van der Waals surface area (Å²) in [5.41, 5.74) is 1.88. The summed E-state index contributed by atoms with van der Waals surface area (Å²) in [6, 6.07) is 12.5. The van der Waals surface area contributed by atoms with Crippen molar-refractivity contribution in [2.75, 3.05) is 21.1 Å². The first-order chi connectivity index (χ1) is 11.9. The Balaban J connectivity index is 0.00000338. The van der Waals surface area contributed by atoms with E-state index in [9.17, 15) is 8.42 Å². The van der Waals surface area contributed by atoms with Crippen molar-refractivity contribution >= 4 is 40.0 Å². The van der Waals surface area contributed by atoms with Gasteiger partial charge in [-0.2, -0.15) is 0 Å². The Morgan fingerprint density at radius 1 is 1.08 bits per heavy atom. The minimum Gasteiger partial charge on any atom is -0.352 e. The lowest BCUT2D eigenvalue weighted by Gasteiger charge is -2.13. The van der Waals surface area contributed by atoms with Crippen molar-refractivity contribution in [1.29, 1.82) is 0 Å². The molecule has 0 aliphatic rings. The number of sulfonamides is 1. The molecule has 0 aliphatic carbocycles. The van der Waals surface area contributed by atoms with Crippen LogP contribution >= 0.6 is 24.0 Å². The van der Waals surface area contributed by atoms with Gasteiger partial charge >= 0.3 is 0 Å². The minimum atomic E-state index is -3.40. The summed E-state index contributed by atoms with van der Waals surface area (Å²) in [6.07, 6.45) is 1.75. The van der Waals surface area contributed by atoms with Gasteiger partial charge in [-0.1, -0.05) is 18.2 Å². The molecule has 142 valence electrons. The average molecular weight is 489 g/mol. The van der Waals surface area contributed by atoms with E-state index < -0.39 is 10.0 Å². The van der Waals surface area contributed by atoms with E-state index in [4.69, 9.17) is 0 Å². The molecular formula is C17H24IN5O2S. The smallest absolute Gasteiger partial charge is 0.242 e. The molecule has 0 aliphatic heterocycles. The van der Waals surface area contributed by atoms with Crippen LogP contribution in [0.3, 0.4) is 0 Å². The number of pyridine rings is 1. The van der Waals surface area contributed by atoms with Crippen LogP contribution in [-0.2, 0) is 23.1 Å². The molecule has 0 bridgehead atoms. The molecule has 0 saturated carbocycles. The summed E-state index contributed by atoms with van der Waals surface area (Å²) in [5, 5.41) is 6.37. The normalized spacial score (nSPS) is 11.8. The number of nitrogens with zero attached hydrogens (tertiary/aromatic N) is 3. The largest absolute Gasteiger partial charge is 0.352 e. The first-order valence-electron chi connectivity index (χ1n) is 7.79. The Morgan fingerprint density at radius 3 is 2.27 bits per heavy atom. The summed E-state index contributed by atoms with van der Waals surface area (Å²) in [7, 11) is 1.33. The van der Waals surface area contributed by atoms with Gasteiger partial charge in [0.15, 0.2) is 5.96 Å². The first-order valence-corrected chi connectivity index (χ1v) is 9.23. The van der Waals surface area contributed by atoms with Gasteiger partial charge in [0, 0.05) is 33.9 Å². The van der Waals surface area contributed by atoms with Crippen molar-refractivity contribution in [2.45, 2.75) is 18.0 Å². The van der Waals surface area contributed by atoms with Crippen molar-refractivity contribution in [3.63, 3.8) is 0 Å². The lowest BCUT2D eigenvalue weighted by molar-refractivity contribution is 0.520. The maximum absolute atomic E-state index is 12.1. The van der Waals surface area contributed by atoms with Crippen molar-refractivity contribution in [3.05, 3.63) is 59.9 Å². The molecule has 1 aromatic heterocycles. The molecule has 0 amide bonds. The second kappa shape index (κ2) is 10.4. The third-order valence-corrected chi connectivity index (χ3v) is 5.38. The molecule has 0 spiro atoms. The standard InChI is InChI=1S/C17H23N5O2S.HI/c1-18-17(21-13-15-6-4-5-11-19-15)20-12-14-7-9-16(10-8-14)25(23,24)22(2)3;/h4-11H,12-13H2,1-3H3,(H2,18,20,21);1H. The first kappa shape index (κ1) is 22.3. The highest BCUT2D eigenvalue weighted by Crippen LogP contribution is 2.13. The molecule has 2 aromatic rings. The van der Waals surface area contributed by atoms with E-state index in [1.807, 2.05) is 18.2 Å². The van der Waals surface area contributed by atoms with Crippen LogP contribution in [0.4, 0.5) is 0 Å². The second-order valence-electron chi connectivity index (χ2n) is 5.53. The number of hydrogen-bond acceptors (Lipinski definition) is 4. The van der Waals surface area contributed by atoms with Crippen LogP contribution < -0.4 is 10.6 Å². The zero-order chi connectivity index (χ0) is 18.3. The van der Waals surface area contributed by atoms with Gasteiger partial charge in [-0.15, -0.1) is 24.0 Å². The highest BCUT2D eigenvalue weighted by atomic mass is 127. The van der Waals surface area contributed by atoms with Gasteiger partial charge in [-0.3, -0.25) is 9.98 Å². The number of benzene rings is 1. The van der Waals surface area contributed by atoms with E-state index in [-0.39, 0.29) is 28.9 Å². The number of guanidine groups is 1. The number of aliphatic imine (C=N–C) groups is 1. The van der Waals surface area contributed by atoms with Crippen molar-refractivity contribution in [2.24, 2.45) is 4.99 Å². The molecule has 0 saturated heterocycles. The highest BCUT2D eigenvalue weighted by molar-refractivity contribution is 14.0. The molecule has 9 heteroatoms. The van der Waals surface area contributed by atoms with Crippen molar-refractivity contribution in [3.8, 4) is 0 Å². The second-order valence-corrected chi connectivity index (χ2v) is 7.68. The van der Waals surface area contributed by atoms with Crippen LogP contribution in [-0.4, -0.2) is 44.8 Å². The fraction of sp³-hybridized carbons (Fsp3) is 0.294. The van der Waals surface area contributed by atoms with E-state index in [2.05, 4.69) is 20.6 Å². The van der Waals surface area contributed by atoms with Crippen LogP contribution in [0.15, 0.2) is 58.5 Å². The Bertz CT molecular complexity index is 809. The number of halogens is 1. The molecule has 1 heterocycles. The lowest BCUT2D eigenvalue weighted by Crippen LogP contribution is -2.36. The Hall–Kier alpha value is -1.72. The number of nitrogens with one attached hydrogen (secondary N) is 2. The average Bonchev–Trinajstić information content (AvgIpc) is 2.63. The van der Waals surface area contributed by atoms with E-state index in [0.717, 1.165) is 11.3 Å². The van der Waals surface area contributed by atoms with Gasteiger partial charge in [-0.25, -0.2) is 12.7 Å². The SMILES string of the molecule is CN=C(NCc1ccc(S(=O)(=O)N(C)C)cc1)NCc1ccccn1.I. The van der Waals surface area contributed by atoms with Gasteiger partial charge in [-0.05, 0) is 29.8 Å². The molecule has 0 unspecified atom stereocenters. The Morgan fingerprint density at radius 2 is 1.73 bits per heavy atom. The van der Waals surface area contributed by atoms with E-state index >= 15 is 0 Å². The molecule has 0 atom stereocenters. The molecule has 7 nitrogen and oxygen atoms in total. The number of aromatic nitrogens is 1. The molecule has 26 heavy (non-hydrogen) atoms. The van der Waals surface area contributed by atoms with Crippen molar-refractivity contribution in [1.82, 2.24) is 19.9 Å². The molecule has 0 radical (unpaired) electrons. The molecule has 1 aromatic carbocycles. The minimum absolute atomic E-state index is 0. The Kier molecular flexibility index (Phi) is 8.96. The maximum atomic E-state index is 12.1. The summed E-state index contributed by atoms with van der Waals surface area (Å²) < 4.78 is 25.3. The van der Waals surface area contributed by atoms with Gasteiger partial charge in [0.25, 0.3) is 0 Å². The van der Waals surface area contributed by atoms with E-state index in [1.165, 1.54) is 18.4 Å². The van der Waals surface area contributed by atoms with E-state index in [1.54, 1.807) is 37.5 Å². The van der Waals surface area contributed by atoms with Gasteiger partial charge < -0.3 is 10.6 Å². The van der Waals surface area contributed by atoms with E-state index in [0.29, 0.717) is 19.0 Å². The highest BCUT2D eigenvalue weighted by Gasteiger charge is 2.16. The van der Waals surface area contributed by atoms with Crippen molar-refractivity contribution < 1.29 is 8.42 Å². The summed E-state index contributed by atoms with van der Waals surface area (Å²) in [5.74, 6) is 0.649. The fourth-order valence-electron chi connectivity index (χ4n) is 2.07. The summed E-state index contributed by atoms with van der Waals surface area (Å²) in [6.45, 7) is 1.10. The zero-order valence-electron chi connectivity index (χ0n) is 15.0. The molecule has 2 N–H and O–H groups in total. The monoisotopic (exact) mass is 489 g/mol. The van der Waals surface area contributed by atoms with Crippen LogP contribution in [0.25, 0.3) is 0 Å². The predicted octanol–water partition coefficient (Wildman–Crippen LogP) is 1.82. The van der Waals surface area contributed by atoms with Gasteiger partial charge in [0.1, 0.15) is 0 Å². The number of rotatable bonds is 6. The predicted molar refractivity (Wildman–Crippen MR) is 114 cm³/mol. The van der Waals surface area contributed by atoms with Crippen LogP contribution in [0.5, 0.6) is 0 Å². The fourth-order valence-corrected chi connectivity index (χ4v) is 2.98. The van der Waals surface area contributed by atoms with Gasteiger partial charge in [0.2, 0.25) is 10.0 Å². The van der Waals surface area contributed by atoms with Crippen LogP contribution in [0.1, 0.15) is 11.3 Å². The number of hydrogen-bond donors (Lipinski definition) is 2. The lowest BCUT2D eigenvalue weighted by atomic mass is 10.2. The third kappa shape index (κ3) is 6.22. The quantitative estimate of drug-likeness (QED) is 0.367. The van der Waals surface area contributed by atoms with Crippen LogP contribution in [0.2, 0.25) is 0 Å². The van der Waals surface area contributed by atoms with Gasteiger partial charge in [0.05, 0.1) is 17.1 Å². The molecule has 0 fully saturated rings. The molecule has 2 rings (SSSR count). The zero-order valence-corrected chi connectivity index (χ0v) is 18.2. The maximum Gasteiger partial charge on any atom is 0.242 e. The summed E-state index contributed by atoms with van der Waals surface area (Å²) in [4.78, 5) is 8.68. The molecular weight excluding hydrogens is 465 g/mol. The van der Waals surface area contributed by atoms with Crippen LogP contribution in [0, 0.1) is 0 Å². The topological polar surface area (TPSA) is 86.7 Å². The third-order valence-electron chi connectivity index (χ3n) is 3.55. The summed E-state index contributed by atoms with van der Waals surface area (Å²) >= 11 is 0.